The molecule has 0 radical (unpaired) electrons. The Bertz CT molecular complexity index is 3620. The Hall–Kier alpha value is -11.1. The van der Waals surface area contributed by atoms with E-state index in [0.29, 0.717) is 11.4 Å². The molecule has 0 unspecified atom stereocenters. The second-order valence-corrected chi connectivity index (χ2v) is 17.9. The molecule has 0 aromatic heterocycles. The minimum Gasteiger partial charge on any atom is -0.399 e. The van der Waals surface area contributed by atoms with E-state index >= 15 is 0 Å². The zero-order valence-corrected chi connectivity index (χ0v) is 43.2. The number of nitrogen functional groups attached to an aromatic ring is 14. The largest absolute Gasteiger partial charge is 0.399 e. The molecule has 12 aromatic carbocycles. The van der Waals surface area contributed by atoms with E-state index in [0.717, 1.165) is 117 Å². The third-order valence-electron chi connectivity index (χ3n) is 11.7. The fraction of sp³-hybridized carbons (Fsp3) is 0. The highest BCUT2D eigenvalue weighted by atomic mass is 14.6. The van der Waals surface area contributed by atoms with Crippen molar-refractivity contribution in [1.82, 2.24) is 0 Å². The number of rotatable bonds is 1. The molecule has 14 nitrogen and oxygen atoms in total. The lowest BCUT2D eigenvalue weighted by atomic mass is 10.1. The van der Waals surface area contributed by atoms with Crippen molar-refractivity contribution in [1.29, 1.82) is 0 Å². The van der Waals surface area contributed by atoms with E-state index in [1.807, 2.05) is 200 Å². The summed E-state index contributed by atoms with van der Waals surface area (Å²) in [5, 5.41) is 8.72. The Kier molecular flexibility index (Phi) is 19.6. The Morgan fingerprint density at radius 2 is 0.423 bits per heavy atom. The molecule has 14 heteroatoms. The third kappa shape index (κ3) is 17.3. The molecular weight excluding hydrogens is 965 g/mol. The summed E-state index contributed by atoms with van der Waals surface area (Å²) in [7, 11) is 0. The maximum Gasteiger partial charge on any atom is 0.0394 e. The number of benzene rings is 12. The Labute approximate surface area is 454 Å². The van der Waals surface area contributed by atoms with Crippen LogP contribution in [0, 0.1) is 0 Å². The SMILES string of the molecule is Nc1ccc(-c2ccc(N)cc2)cc1.Nc1ccc(N)cc1.Nc1ccc2cc(N)ccc2c1.Nc1ccc2ccc(N)cc2c1.Nc1ccc2cccc(N)c2c1.Nc1cccc(N)c1.Nc1cccc2c(N)cccc12. The summed E-state index contributed by atoms with van der Waals surface area (Å²) in [4.78, 5) is 0. The smallest absolute Gasteiger partial charge is 0.0394 e. The summed E-state index contributed by atoms with van der Waals surface area (Å²) in [6, 6.07) is 76.1. The Morgan fingerprint density at radius 1 is 0.154 bits per heavy atom. The van der Waals surface area contributed by atoms with Crippen molar-refractivity contribution in [2.75, 3.05) is 80.3 Å². The van der Waals surface area contributed by atoms with E-state index in [4.69, 9.17) is 80.3 Å². The summed E-state index contributed by atoms with van der Waals surface area (Å²) < 4.78 is 0. The summed E-state index contributed by atoms with van der Waals surface area (Å²) in [6.07, 6.45) is 0. The van der Waals surface area contributed by atoms with Crippen LogP contribution >= 0.6 is 0 Å². The van der Waals surface area contributed by atoms with Crippen LogP contribution in [0.2, 0.25) is 0 Å². The molecular formula is C64H68N14. The highest BCUT2D eigenvalue weighted by Gasteiger charge is 2.00. The van der Waals surface area contributed by atoms with Gasteiger partial charge in [0.05, 0.1) is 0 Å². The van der Waals surface area contributed by atoms with Gasteiger partial charge in [0.15, 0.2) is 0 Å². The molecule has 0 saturated carbocycles. The molecule has 0 aliphatic heterocycles. The fourth-order valence-corrected chi connectivity index (χ4v) is 7.65. The van der Waals surface area contributed by atoms with Crippen molar-refractivity contribution in [2.45, 2.75) is 0 Å². The van der Waals surface area contributed by atoms with Crippen molar-refractivity contribution < 1.29 is 0 Å². The first-order chi connectivity index (χ1) is 37.4. The molecule has 394 valence electrons. The molecule has 12 rings (SSSR count). The molecule has 28 N–H and O–H groups in total. The number of anilines is 14. The van der Waals surface area contributed by atoms with Crippen LogP contribution in [0.5, 0.6) is 0 Å². The molecule has 0 fully saturated rings. The van der Waals surface area contributed by atoms with Gasteiger partial charge < -0.3 is 80.3 Å². The Balaban J connectivity index is 0.000000148. The second kappa shape index (κ2) is 27.2. The molecule has 0 heterocycles. The van der Waals surface area contributed by atoms with E-state index in [1.165, 1.54) is 5.39 Å². The molecule has 0 saturated heterocycles. The first-order valence-corrected chi connectivity index (χ1v) is 24.5. The molecule has 0 atom stereocenters. The van der Waals surface area contributed by atoms with Crippen LogP contribution in [0.1, 0.15) is 0 Å². The van der Waals surface area contributed by atoms with E-state index in [2.05, 4.69) is 0 Å². The van der Waals surface area contributed by atoms with Gasteiger partial charge in [0.2, 0.25) is 0 Å². The monoisotopic (exact) mass is 1030 g/mol. The van der Waals surface area contributed by atoms with Crippen LogP contribution in [0.4, 0.5) is 79.6 Å². The quantitative estimate of drug-likeness (QED) is 0.0680. The van der Waals surface area contributed by atoms with Crippen molar-refractivity contribution in [3.63, 3.8) is 0 Å². The second-order valence-electron chi connectivity index (χ2n) is 17.9. The minimum absolute atomic E-state index is 0.713. The predicted molar refractivity (Wildman–Crippen MR) is 342 cm³/mol. The van der Waals surface area contributed by atoms with Crippen LogP contribution < -0.4 is 80.3 Å². The number of nitrogens with two attached hydrogens (primary N) is 14. The van der Waals surface area contributed by atoms with E-state index < -0.39 is 0 Å². The van der Waals surface area contributed by atoms with Crippen LogP contribution in [-0.2, 0) is 0 Å². The van der Waals surface area contributed by atoms with Crippen molar-refractivity contribution in [2.24, 2.45) is 0 Å². The third-order valence-corrected chi connectivity index (χ3v) is 11.7. The highest BCUT2D eigenvalue weighted by Crippen LogP contribution is 2.26. The van der Waals surface area contributed by atoms with Gasteiger partial charge in [-0.1, -0.05) is 97.1 Å². The average Bonchev–Trinajstić information content (AvgIpc) is 3.42. The van der Waals surface area contributed by atoms with Gasteiger partial charge in [-0.05, 0) is 184 Å². The minimum atomic E-state index is 0.713. The van der Waals surface area contributed by atoms with Crippen LogP contribution in [-0.4, -0.2) is 0 Å². The van der Waals surface area contributed by atoms with E-state index in [1.54, 1.807) is 42.5 Å². The summed E-state index contributed by atoms with van der Waals surface area (Å²) in [5.74, 6) is 0. The fourth-order valence-electron chi connectivity index (χ4n) is 7.65. The lowest BCUT2D eigenvalue weighted by Crippen LogP contribution is -1.90. The summed E-state index contributed by atoms with van der Waals surface area (Å²) in [6.45, 7) is 0. The molecule has 0 aliphatic carbocycles. The summed E-state index contributed by atoms with van der Waals surface area (Å²) in [5.41, 5.74) is 91.2. The lowest BCUT2D eigenvalue weighted by Gasteiger charge is -2.03. The van der Waals surface area contributed by atoms with Gasteiger partial charge in [-0.3, -0.25) is 0 Å². The van der Waals surface area contributed by atoms with Gasteiger partial charge in [0.25, 0.3) is 0 Å². The maximum atomic E-state index is 5.77. The average molecular weight is 1030 g/mol. The zero-order chi connectivity index (χ0) is 56.1. The predicted octanol–water partition coefficient (Wildman–Crippen LogP) is 12.2. The topological polar surface area (TPSA) is 364 Å². The van der Waals surface area contributed by atoms with Crippen molar-refractivity contribution in [3.8, 4) is 11.1 Å². The van der Waals surface area contributed by atoms with Gasteiger partial charge in [-0.25, -0.2) is 0 Å². The molecule has 0 amide bonds. The van der Waals surface area contributed by atoms with E-state index in [9.17, 15) is 0 Å². The van der Waals surface area contributed by atoms with Crippen LogP contribution in [0.25, 0.3) is 54.2 Å². The van der Waals surface area contributed by atoms with Crippen LogP contribution in [0.15, 0.2) is 243 Å². The molecule has 78 heavy (non-hydrogen) atoms. The normalized spacial score (nSPS) is 10.0. The summed E-state index contributed by atoms with van der Waals surface area (Å²) >= 11 is 0. The number of hydrogen-bond donors (Lipinski definition) is 14. The molecule has 0 spiro atoms. The lowest BCUT2D eigenvalue weighted by molar-refractivity contribution is 1.61. The first-order valence-electron chi connectivity index (χ1n) is 24.5. The first kappa shape index (κ1) is 56.2. The van der Waals surface area contributed by atoms with Gasteiger partial charge in [-0.15, -0.1) is 0 Å². The van der Waals surface area contributed by atoms with Gasteiger partial charge in [0.1, 0.15) is 0 Å². The van der Waals surface area contributed by atoms with E-state index in [-0.39, 0.29) is 0 Å². The van der Waals surface area contributed by atoms with Crippen molar-refractivity contribution in [3.05, 3.63) is 243 Å². The van der Waals surface area contributed by atoms with Gasteiger partial charge >= 0.3 is 0 Å². The molecule has 0 bridgehead atoms. The van der Waals surface area contributed by atoms with Crippen LogP contribution in [0.3, 0.4) is 0 Å². The zero-order valence-electron chi connectivity index (χ0n) is 43.2. The van der Waals surface area contributed by atoms with Gasteiger partial charge in [0, 0.05) is 95.8 Å². The maximum absolute atomic E-state index is 5.77. The van der Waals surface area contributed by atoms with Crippen molar-refractivity contribution >= 4 is 123 Å². The van der Waals surface area contributed by atoms with Gasteiger partial charge in [-0.2, -0.15) is 0 Å². The highest BCUT2D eigenvalue weighted by molar-refractivity contribution is 6.00. The number of hydrogen-bond acceptors (Lipinski definition) is 14. The number of fused-ring (bicyclic) bond motifs is 4. The Morgan fingerprint density at radius 3 is 0.795 bits per heavy atom. The molecule has 0 aliphatic rings. The molecule has 12 aromatic rings. The standard InChI is InChI=1S/C12H12N2.4C10H10N2.2C6H8N2/c13-11-5-1-9(2-6-11)10-3-7-12(14)8-4-10;11-9-3-1-7-5-10(12)4-2-8(7)6-9;11-9-3-1-7-2-4-10(12)6-8(7)5-9;11-9-5-1-3-7-8(9)4-2-6-10(7)12;11-8-5-4-7-2-1-3-10(12)9(7)6-8;7-5-1-2-6(8)4-3-5;7-5-2-1-3-6(8)4-5/h1-8H,13-14H2;4*1-6H,11-12H2;2*1-4H,7-8H2.